The summed E-state index contributed by atoms with van der Waals surface area (Å²) >= 11 is 0. The molecule has 2 heterocycles. The number of anilines is 1. The number of rotatable bonds is 5. The number of nitrogens with one attached hydrogen (secondary N) is 2. The molecule has 0 aliphatic carbocycles. The van der Waals surface area contributed by atoms with Crippen LogP contribution in [-0.4, -0.2) is 62.1 Å². The van der Waals surface area contributed by atoms with Gasteiger partial charge in [-0.1, -0.05) is 12.1 Å². The van der Waals surface area contributed by atoms with E-state index in [0.29, 0.717) is 38.2 Å². The van der Waals surface area contributed by atoms with Crippen molar-refractivity contribution in [2.24, 2.45) is 4.99 Å². The zero-order valence-electron chi connectivity index (χ0n) is 17.1. The Morgan fingerprint density at radius 2 is 2.14 bits per heavy atom. The van der Waals surface area contributed by atoms with Crippen molar-refractivity contribution >= 4 is 35.6 Å². The molecule has 0 spiro atoms. The number of para-hydroxylation sites is 1. The lowest BCUT2D eigenvalue weighted by atomic mass is 9.95. The summed E-state index contributed by atoms with van der Waals surface area (Å²) in [5.74, 6) is 0.739. The summed E-state index contributed by atoms with van der Waals surface area (Å²) in [6, 6.07) is 10.3. The SMILES string of the molecule is CCNC(=NCC1(O)CCOCC1)NC1CCCN(c2ccccc2C#N)C1.I. The van der Waals surface area contributed by atoms with Crippen LogP contribution in [0.25, 0.3) is 0 Å². The van der Waals surface area contributed by atoms with E-state index in [-0.39, 0.29) is 30.0 Å². The van der Waals surface area contributed by atoms with Crippen LogP contribution in [0.2, 0.25) is 0 Å². The van der Waals surface area contributed by atoms with Gasteiger partial charge in [0.1, 0.15) is 6.07 Å². The van der Waals surface area contributed by atoms with E-state index in [1.165, 1.54) is 0 Å². The second-order valence-electron chi connectivity index (χ2n) is 7.59. The number of nitrogens with zero attached hydrogens (tertiary/aromatic N) is 3. The molecule has 8 heteroatoms. The molecule has 1 atom stereocenters. The van der Waals surface area contributed by atoms with Crippen LogP contribution in [0.15, 0.2) is 29.3 Å². The van der Waals surface area contributed by atoms with Gasteiger partial charge in [0, 0.05) is 51.7 Å². The lowest BCUT2D eigenvalue weighted by molar-refractivity contribution is -0.0566. The van der Waals surface area contributed by atoms with Gasteiger partial charge in [0.2, 0.25) is 0 Å². The third-order valence-corrected chi connectivity index (χ3v) is 5.43. The monoisotopic (exact) mass is 513 g/mol. The fourth-order valence-corrected chi connectivity index (χ4v) is 3.81. The maximum atomic E-state index is 10.7. The summed E-state index contributed by atoms with van der Waals surface area (Å²) in [7, 11) is 0. The zero-order chi connectivity index (χ0) is 19.8. The molecule has 1 aromatic carbocycles. The minimum Gasteiger partial charge on any atom is -0.388 e. The number of nitriles is 1. The average molecular weight is 513 g/mol. The number of hydrogen-bond acceptors (Lipinski definition) is 5. The predicted octanol–water partition coefficient (Wildman–Crippen LogP) is 2.24. The summed E-state index contributed by atoms with van der Waals surface area (Å²) in [5, 5.41) is 26.9. The number of benzene rings is 1. The van der Waals surface area contributed by atoms with E-state index in [0.717, 1.165) is 44.1 Å². The Bertz CT molecular complexity index is 715. The van der Waals surface area contributed by atoms with Crippen molar-refractivity contribution in [3.63, 3.8) is 0 Å². The molecule has 0 aromatic heterocycles. The molecule has 3 N–H and O–H groups in total. The van der Waals surface area contributed by atoms with Gasteiger partial charge in [0.05, 0.1) is 23.4 Å². The van der Waals surface area contributed by atoms with Gasteiger partial charge in [0.15, 0.2) is 5.96 Å². The van der Waals surface area contributed by atoms with E-state index < -0.39 is 5.60 Å². The van der Waals surface area contributed by atoms with Crippen LogP contribution in [-0.2, 0) is 4.74 Å². The van der Waals surface area contributed by atoms with Crippen LogP contribution in [0.1, 0.15) is 38.2 Å². The van der Waals surface area contributed by atoms with E-state index in [9.17, 15) is 10.4 Å². The van der Waals surface area contributed by atoms with Gasteiger partial charge in [-0.3, -0.25) is 4.99 Å². The Morgan fingerprint density at radius 1 is 1.38 bits per heavy atom. The molecular formula is C21H32IN5O2. The Kier molecular flexibility index (Phi) is 9.46. The summed E-state index contributed by atoms with van der Waals surface area (Å²) in [5.41, 5.74) is 0.936. The highest BCUT2D eigenvalue weighted by atomic mass is 127. The second-order valence-corrected chi connectivity index (χ2v) is 7.59. The Hall–Kier alpha value is -1.57. The number of halogens is 1. The van der Waals surface area contributed by atoms with Crippen LogP contribution in [0.4, 0.5) is 5.69 Å². The third kappa shape index (κ3) is 6.73. The molecule has 0 saturated carbocycles. The van der Waals surface area contributed by atoms with Crippen molar-refractivity contribution in [2.45, 2.75) is 44.2 Å². The second kappa shape index (κ2) is 11.6. The van der Waals surface area contributed by atoms with Gasteiger partial charge in [-0.2, -0.15) is 5.26 Å². The number of guanidine groups is 1. The maximum absolute atomic E-state index is 10.7. The number of ether oxygens (including phenoxy) is 1. The highest BCUT2D eigenvalue weighted by Gasteiger charge is 2.30. The van der Waals surface area contributed by atoms with Crippen LogP contribution in [0, 0.1) is 11.3 Å². The molecule has 2 fully saturated rings. The van der Waals surface area contributed by atoms with Crippen molar-refractivity contribution in [1.82, 2.24) is 10.6 Å². The van der Waals surface area contributed by atoms with Crippen LogP contribution in [0.5, 0.6) is 0 Å². The standard InChI is InChI=1S/C21H31N5O2.HI/c1-2-23-20(24-16-21(27)9-12-28-13-10-21)25-18-7-5-11-26(15-18)19-8-4-3-6-17(19)14-22;/h3-4,6,8,18,27H,2,5,7,9-13,15-16H2,1H3,(H2,23,24,25);1H. The first kappa shape index (κ1) is 23.7. The van der Waals surface area contributed by atoms with Gasteiger partial charge >= 0.3 is 0 Å². The molecule has 29 heavy (non-hydrogen) atoms. The van der Waals surface area contributed by atoms with Gasteiger partial charge < -0.3 is 25.4 Å². The number of aliphatic imine (C=N–C) groups is 1. The molecular weight excluding hydrogens is 481 g/mol. The molecule has 160 valence electrons. The lowest BCUT2D eigenvalue weighted by Crippen LogP contribution is -2.52. The van der Waals surface area contributed by atoms with Crippen LogP contribution >= 0.6 is 24.0 Å². The number of hydrogen-bond donors (Lipinski definition) is 3. The molecule has 0 bridgehead atoms. The summed E-state index contributed by atoms with van der Waals surface area (Å²) in [6.07, 6.45) is 3.35. The smallest absolute Gasteiger partial charge is 0.191 e. The topological polar surface area (TPSA) is 92.9 Å². The molecule has 0 radical (unpaired) electrons. The highest BCUT2D eigenvalue weighted by molar-refractivity contribution is 14.0. The molecule has 7 nitrogen and oxygen atoms in total. The number of piperidine rings is 1. The van der Waals surface area contributed by atoms with Crippen molar-refractivity contribution in [1.29, 1.82) is 5.26 Å². The van der Waals surface area contributed by atoms with Gasteiger partial charge in [-0.05, 0) is 31.9 Å². The fourth-order valence-electron chi connectivity index (χ4n) is 3.81. The Balaban J connectivity index is 0.00000300. The first-order valence-corrected chi connectivity index (χ1v) is 10.2. The molecule has 2 aliphatic rings. The van der Waals surface area contributed by atoms with Gasteiger partial charge in [-0.25, -0.2) is 0 Å². The molecule has 1 unspecified atom stereocenters. The first-order valence-electron chi connectivity index (χ1n) is 10.2. The van der Waals surface area contributed by atoms with E-state index in [1.54, 1.807) is 0 Å². The molecule has 0 amide bonds. The maximum Gasteiger partial charge on any atom is 0.191 e. The van der Waals surface area contributed by atoms with Gasteiger partial charge in [-0.15, -0.1) is 24.0 Å². The van der Waals surface area contributed by atoms with E-state index in [1.807, 2.05) is 31.2 Å². The summed E-state index contributed by atoms with van der Waals surface area (Å²) in [4.78, 5) is 6.93. The van der Waals surface area contributed by atoms with Crippen LogP contribution in [0.3, 0.4) is 0 Å². The van der Waals surface area contributed by atoms with E-state index in [2.05, 4.69) is 26.6 Å². The minimum absolute atomic E-state index is 0. The normalized spacial score (nSPS) is 21.6. The summed E-state index contributed by atoms with van der Waals surface area (Å²) < 4.78 is 5.35. The molecule has 2 saturated heterocycles. The average Bonchev–Trinajstić information content (AvgIpc) is 2.73. The lowest BCUT2D eigenvalue weighted by Gasteiger charge is -2.36. The highest BCUT2D eigenvalue weighted by Crippen LogP contribution is 2.24. The predicted molar refractivity (Wildman–Crippen MR) is 126 cm³/mol. The largest absolute Gasteiger partial charge is 0.388 e. The van der Waals surface area contributed by atoms with Crippen molar-refractivity contribution in [3.05, 3.63) is 29.8 Å². The van der Waals surface area contributed by atoms with Crippen molar-refractivity contribution in [2.75, 3.05) is 44.3 Å². The fraction of sp³-hybridized carbons (Fsp3) is 0.619. The Labute approximate surface area is 190 Å². The first-order chi connectivity index (χ1) is 13.6. The van der Waals surface area contributed by atoms with Crippen LogP contribution < -0.4 is 15.5 Å². The van der Waals surface area contributed by atoms with E-state index >= 15 is 0 Å². The van der Waals surface area contributed by atoms with Crippen molar-refractivity contribution < 1.29 is 9.84 Å². The van der Waals surface area contributed by atoms with Crippen molar-refractivity contribution in [3.8, 4) is 6.07 Å². The molecule has 2 aliphatic heterocycles. The zero-order valence-corrected chi connectivity index (χ0v) is 19.4. The molecule has 1 aromatic rings. The quantitative estimate of drug-likeness (QED) is 0.318. The Morgan fingerprint density at radius 3 is 2.86 bits per heavy atom. The number of aliphatic hydroxyl groups is 1. The summed E-state index contributed by atoms with van der Waals surface area (Å²) in [6.45, 7) is 6.13. The minimum atomic E-state index is -0.773. The third-order valence-electron chi connectivity index (χ3n) is 5.43. The molecule has 3 rings (SSSR count). The van der Waals surface area contributed by atoms with Gasteiger partial charge in [0.25, 0.3) is 0 Å². The van der Waals surface area contributed by atoms with E-state index in [4.69, 9.17) is 4.74 Å².